The Bertz CT molecular complexity index is 594. The van der Waals surface area contributed by atoms with Crippen molar-refractivity contribution in [2.24, 2.45) is 0 Å². The standard InChI is InChI=1S/C15H14N2O2/c1-12(18)16-14-8-4-3-7-13(14)15(19)11-17-9-5-2-6-10-17/h2-10H,11H2,1H3/p+1. The highest BCUT2D eigenvalue weighted by Gasteiger charge is 2.15. The van der Waals surface area contributed by atoms with Crippen LogP contribution in [0.15, 0.2) is 54.9 Å². The highest BCUT2D eigenvalue weighted by atomic mass is 16.1. The minimum atomic E-state index is -0.187. The largest absolute Gasteiger partial charge is 0.326 e. The number of para-hydroxylation sites is 1. The Balaban J connectivity index is 2.21. The quantitative estimate of drug-likeness (QED) is 0.669. The van der Waals surface area contributed by atoms with Gasteiger partial charge in [0.2, 0.25) is 18.2 Å². The van der Waals surface area contributed by atoms with Crippen molar-refractivity contribution in [3.8, 4) is 0 Å². The number of benzene rings is 1. The lowest BCUT2D eigenvalue weighted by atomic mass is 10.1. The van der Waals surface area contributed by atoms with Crippen LogP contribution >= 0.6 is 0 Å². The zero-order valence-electron chi connectivity index (χ0n) is 10.7. The summed E-state index contributed by atoms with van der Waals surface area (Å²) in [4.78, 5) is 23.4. The molecule has 19 heavy (non-hydrogen) atoms. The predicted octanol–water partition coefficient (Wildman–Crippen LogP) is 1.82. The van der Waals surface area contributed by atoms with Crippen LogP contribution in [0.3, 0.4) is 0 Å². The smallest absolute Gasteiger partial charge is 0.229 e. The third kappa shape index (κ3) is 3.48. The van der Waals surface area contributed by atoms with Crippen LogP contribution in [0.2, 0.25) is 0 Å². The van der Waals surface area contributed by atoms with E-state index >= 15 is 0 Å². The number of amides is 1. The summed E-state index contributed by atoms with van der Waals surface area (Å²) in [5.41, 5.74) is 1.07. The molecule has 0 aliphatic carbocycles. The lowest BCUT2D eigenvalue weighted by Gasteiger charge is -2.07. The van der Waals surface area contributed by atoms with Gasteiger partial charge in [-0.05, 0) is 12.1 Å². The molecule has 0 spiro atoms. The maximum atomic E-state index is 12.2. The van der Waals surface area contributed by atoms with Crippen LogP contribution in [-0.2, 0) is 11.3 Å². The van der Waals surface area contributed by atoms with Gasteiger partial charge < -0.3 is 5.32 Å². The SMILES string of the molecule is CC(=O)Nc1ccccc1C(=O)C[n+]1ccccc1. The van der Waals surface area contributed by atoms with Crippen molar-refractivity contribution in [3.63, 3.8) is 0 Å². The first kappa shape index (κ1) is 13.0. The Hall–Kier alpha value is -2.49. The number of pyridine rings is 1. The van der Waals surface area contributed by atoms with Crippen LogP contribution in [-0.4, -0.2) is 11.7 Å². The Morgan fingerprint density at radius 1 is 1.05 bits per heavy atom. The van der Waals surface area contributed by atoms with E-state index in [1.807, 2.05) is 30.6 Å². The van der Waals surface area contributed by atoms with Gasteiger partial charge in [0.15, 0.2) is 12.4 Å². The molecule has 0 saturated carbocycles. The molecule has 1 heterocycles. The van der Waals surface area contributed by atoms with E-state index in [4.69, 9.17) is 0 Å². The van der Waals surface area contributed by atoms with Gasteiger partial charge in [-0.1, -0.05) is 18.2 Å². The fourth-order valence-corrected chi connectivity index (χ4v) is 1.82. The molecule has 0 aliphatic rings. The monoisotopic (exact) mass is 255 g/mol. The van der Waals surface area contributed by atoms with E-state index in [2.05, 4.69) is 5.32 Å². The summed E-state index contributed by atoms with van der Waals surface area (Å²) < 4.78 is 1.80. The summed E-state index contributed by atoms with van der Waals surface area (Å²) in [5, 5.41) is 2.67. The minimum Gasteiger partial charge on any atom is -0.326 e. The lowest BCUT2D eigenvalue weighted by Crippen LogP contribution is -2.37. The van der Waals surface area contributed by atoms with E-state index in [0.717, 1.165) is 0 Å². The first-order valence-electron chi connectivity index (χ1n) is 6.01. The van der Waals surface area contributed by atoms with E-state index in [1.54, 1.807) is 28.8 Å². The van der Waals surface area contributed by atoms with Gasteiger partial charge in [-0.25, -0.2) is 0 Å². The average molecular weight is 255 g/mol. The van der Waals surface area contributed by atoms with Gasteiger partial charge in [0.25, 0.3) is 0 Å². The molecule has 1 aromatic carbocycles. The van der Waals surface area contributed by atoms with Gasteiger partial charge in [-0.2, -0.15) is 4.57 Å². The van der Waals surface area contributed by atoms with Crippen LogP contribution in [0.1, 0.15) is 17.3 Å². The molecule has 4 heteroatoms. The second-order valence-corrected chi connectivity index (χ2v) is 4.20. The molecule has 4 nitrogen and oxygen atoms in total. The summed E-state index contributed by atoms with van der Waals surface area (Å²) >= 11 is 0. The van der Waals surface area contributed by atoms with Crippen molar-refractivity contribution in [2.75, 3.05) is 5.32 Å². The number of nitrogens with one attached hydrogen (secondary N) is 1. The number of Topliss-reactive ketones (excluding diaryl/α,β-unsaturated/α-hetero) is 1. The maximum absolute atomic E-state index is 12.2. The minimum absolute atomic E-state index is 0.0412. The highest BCUT2D eigenvalue weighted by molar-refractivity contribution is 6.03. The molecule has 0 radical (unpaired) electrons. The summed E-state index contributed by atoms with van der Waals surface area (Å²) in [5.74, 6) is -0.229. The van der Waals surface area contributed by atoms with Gasteiger partial charge in [-0.3, -0.25) is 9.59 Å². The number of ketones is 1. The number of nitrogens with zero attached hydrogens (tertiary/aromatic N) is 1. The number of aromatic nitrogens is 1. The highest BCUT2D eigenvalue weighted by Crippen LogP contribution is 2.15. The molecule has 0 bridgehead atoms. The van der Waals surface area contributed by atoms with Crippen molar-refractivity contribution in [1.82, 2.24) is 0 Å². The zero-order valence-corrected chi connectivity index (χ0v) is 10.7. The number of hydrogen-bond acceptors (Lipinski definition) is 2. The molecular formula is C15H15N2O2+. The number of anilines is 1. The third-order valence-electron chi connectivity index (χ3n) is 2.64. The first-order valence-corrected chi connectivity index (χ1v) is 6.01. The average Bonchev–Trinajstić information content (AvgIpc) is 2.39. The lowest BCUT2D eigenvalue weighted by molar-refractivity contribution is -0.683. The van der Waals surface area contributed by atoms with Crippen LogP contribution in [0, 0.1) is 0 Å². The molecule has 96 valence electrons. The van der Waals surface area contributed by atoms with E-state index in [1.165, 1.54) is 6.92 Å². The van der Waals surface area contributed by atoms with Crippen LogP contribution in [0.4, 0.5) is 5.69 Å². The fourth-order valence-electron chi connectivity index (χ4n) is 1.82. The summed E-state index contributed by atoms with van der Waals surface area (Å²) in [6.45, 7) is 1.67. The molecular weight excluding hydrogens is 240 g/mol. The molecule has 2 rings (SSSR count). The Morgan fingerprint density at radius 3 is 2.42 bits per heavy atom. The number of carbonyl (C=O) groups is 2. The molecule has 1 N–H and O–H groups in total. The fraction of sp³-hybridized carbons (Fsp3) is 0.133. The Kier molecular flexibility index (Phi) is 4.03. The van der Waals surface area contributed by atoms with Gasteiger partial charge in [0, 0.05) is 24.6 Å². The molecule has 1 amide bonds. The maximum Gasteiger partial charge on any atom is 0.229 e. The number of rotatable bonds is 4. The van der Waals surface area contributed by atoms with Crippen LogP contribution < -0.4 is 9.88 Å². The summed E-state index contributed by atoms with van der Waals surface area (Å²) in [7, 11) is 0. The van der Waals surface area contributed by atoms with Crippen molar-refractivity contribution in [2.45, 2.75) is 13.5 Å². The summed E-state index contributed by atoms with van der Waals surface area (Å²) in [6.07, 6.45) is 3.66. The number of carbonyl (C=O) groups excluding carboxylic acids is 2. The molecule has 0 unspecified atom stereocenters. The molecule has 1 aromatic heterocycles. The van der Waals surface area contributed by atoms with Gasteiger partial charge in [-0.15, -0.1) is 0 Å². The van der Waals surface area contributed by atoms with Crippen molar-refractivity contribution >= 4 is 17.4 Å². The van der Waals surface area contributed by atoms with E-state index < -0.39 is 0 Å². The van der Waals surface area contributed by atoms with E-state index in [9.17, 15) is 9.59 Å². The van der Waals surface area contributed by atoms with Gasteiger partial charge in [0.1, 0.15) is 0 Å². The first-order chi connectivity index (χ1) is 9.16. The van der Waals surface area contributed by atoms with Crippen molar-refractivity contribution < 1.29 is 14.2 Å². The van der Waals surface area contributed by atoms with E-state index in [0.29, 0.717) is 11.3 Å². The molecule has 0 saturated heterocycles. The normalized spacial score (nSPS) is 9.95. The Labute approximate surface area is 111 Å². The second kappa shape index (κ2) is 5.91. The topological polar surface area (TPSA) is 50.1 Å². The molecule has 0 fully saturated rings. The zero-order chi connectivity index (χ0) is 13.7. The van der Waals surface area contributed by atoms with Crippen molar-refractivity contribution in [1.29, 1.82) is 0 Å². The third-order valence-corrected chi connectivity index (χ3v) is 2.64. The molecule has 0 aliphatic heterocycles. The van der Waals surface area contributed by atoms with Gasteiger partial charge in [0.05, 0.1) is 5.69 Å². The molecule has 2 aromatic rings. The predicted molar refractivity (Wildman–Crippen MR) is 71.7 cm³/mol. The molecule has 0 atom stereocenters. The van der Waals surface area contributed by atoms with Crippen LogP contribution in [0.5, 0.6) is 0 Å². The van der Waals surface area contributed by atoms with Crippen LogP contribution in [0.25, 0.3) is 0 Å². The van der Waals surface area contributed by atoms with Crippen molar-refractivity contribution in [3.05, 3.63) is 60.4 Å². The number of hydrogen-bond donors (Lipinski definition) is 1. The van der Waals surface area contributed by atoms with E-state index in [-0.39, 0.29) is 18.2 Å². The Morgan fingerprint density at radius 2 is 1.74 bits per heavy atom. The second-order valence-electron chi connectivity index (χ2n) is 4.20. The summed E-state index contributed by atoms with van der Waals surface area (Å²) in [6, 6.07) is 12.7. The van der Waals surface area contributed by atoms with Gasteiger partial charge >= 0.3 is 0 Å².